The van der Waals surface area contributed by atoms with Crippen LogP contribution in [0.15, 0.2) is 36.0 Å². The number of benzene rings is 1. The Bertz CT molecular complexity index is 866. The molecule has 0 bridgehead atoms. The van der Waals surface area contributed by atoms with Crippen LogP contribution in [0.4, 0.5) is 0 Å². The first kappa shape index (κ1) is 21.2. The first-order chi connectivity index (χ1) is 14.0. The molecule has 0 saturated heterocycles. The van der Waals surface area contributed by atoms with Gasteiger partial charge < -0.3 is 19.4 Å². The Morgan fingerprint density at radius 2 is 2.07 bits per heavy atom. The summed E-state index contributed by atoms with van der Waals surface area (Å²) in [7, 11) is 0. The summed E-state index contributed by atoms with van der Waals surface area (Å²) < 4.78 is 13.4. The van der Waals surface area contributed by atoms with Crippen molar-refractivity contribution in [3.05, 3.63) is 42.2 Å². The van der Waals surface area contributed by atoms with Gasteiger partial charge in [0.25, 0.3) is 0 Å². The van der Waals surface area contributed by atoms with Crippen LogP contribution in [0.2, 0.25) is 0 Å². The molecular formula is C21H28N4O3S. The van der Waals surface area contributed by atoms with Crippen molar-refractivity contribution in [2.45, 2.75) is 44.9 Å². The number of thioether (sulfide) groups is 1. The molecule has 1 aliphatic rings. The Balaban J connectivity index is 1.67. The first-order valence-corrected chi connectivity index (χ1v) is 10.8. The topological polar surface area (TPSA) is 78.3 Å². The molecular weight excluding hydrogens is 388 g/mol. The first-order valence-electron chi connectivity index (χ1n) is 9.82. The number of hydrogen-bond donors (Lipinski definition) is 1. The van der Waals surface area contributed by atoms with Gasteiger partial charge in [0.1, 0.15) is 5.82 Å². The summed E-state index contributed by atoms with van der Waals surface area (Å²) in [6, 6.07) is 5.78. The molecule has 0 unspecified atom stereocenters. The van der Waals surface area contributed by atoms with Crippen molar-refractivity contribution in [2.75, 3.05) is 19.0 Å². The summed E-state index contributed by atoms with van der Waals surface area (Å²) in [6.45, 7) is 11.7. The average Bonchev–Trinajstić information content (AvgIpc) is 2.90. The van der Waals surface area contributed by atoms with Crippen LogP contribution in [0.25, 0.3) is 0 Å². The Labute approximate surface area is 175 Å². The molecule has 1 aliphatic heterocycles. The highest BCUT2D eigenvalue weighted by atomic mass is 32.2. The number of ether oxygens (including phenoxy) is 2. The maximum absolute atomic E-state index is 12.7. The fourth-order valence-corrected chi connectivity index (χ4v) is 3.97. The number of nitrogens with zero attached hydrogens (tertiary/aromatic N) is 3. The molecule has 0 spiro atoms. The van der Waals surface area contributed by atoms with Gasteiger partial charge in [-0.2, -0.15) is 0 Å². The van der Waals surface area contributed by atoms with Crippen LogP contribution in [0.3, 0.4) is 0 Å². The molecule has 7 nitrogen and oxygen atoms in total. The number of fused-ring (bicyclic) bond motifs is 1. The van der Waals surface area contributed by atoms with Gasteiger partial charge in [-0.3, -0.25) is 4.79 Å². The van der Waals surface area contributed by atoms with Crippen LogP contribution in [-0.4, -0.2) is 39.6 Å². The number of allylic oxidation sites excluding steroid dienone is 1. The van der Waals surface area contributed by atoms with Crippen molar-refractivity contribution in [1.82, 2.24) is 20.1 Å². The van der Waals surface area contributed by atoms with Crippen LogP contribution in [0.1, 0.15) is 37.7 Å². The lowest BCUT2D eigenvalue weighted by atomic mass is 9.95. The van der Waals surface area contributed by atoms with E-state index in [0.717, 1.165) is 29.3 Å². The van der Waals surface area contributed by atoms with Gasteiger partial charge in [-0.05, 0) is 30.5 Å². The maximum atomic E-state index is 12.7. The lowest BCUT2D eigenvalue weighted by Crippen LogP contribution is -2.33. The maximum Gasteiger partial charge on any atom is 0.230 e. The van der Waals surface area contributed by atoms with E-state index in [1.165, 1.54) is 11.8 Å². The van der Waals surface area contributed by atoms with E-state index >= 15 is 0 Å². The molecule has 1 N–H and O–H groups in total. The van der Waals surface area contributed by atoms with Crippen molar-refractivity contribution in [2.24, 2.45) is 5.92 Å². The molecule has 156 valence electrons. The third-order valence-electron chi connectivity index (χ3n) is 4.66. The van der Waals surface area contributed by atoms with Crippen molar-refractivity contribution in [3.63, 3.8) is 0 Å². The summed E-state index contributed by atoms with van der Waals surface area (Å²) in [5.74, 6) is 2.74. The standard InChI is InChI=1S/C21H28N4O3S/c1-5-9-25-15(4)23-24-21(25)29-13-19(26)22-20(14(2)3)16-7-8-17-18(12-16)28-11-6-10-27-17/h5,7-8,12,14,20H,1,6,9-11,13H2,2-4H3,(H,22,26)/t20-/m1/s1. The summed E-state index contributed by atoms with van der Waals surface area (Å²) in [5.41, 5.74) is 1.01. The monoisotopic (exact) mass is 416 g/mol. The van der Waals surface area contributed by atoms with Gasteiger partial charge in [0, 0.05) is 13.0 Å². The predicted octanol–water partition coefficient (Wildman–Crippen LogP) is 3.54. The smallest absolute Gasteiger partial charge is 0.230 e. The minimum absolute atomic E-state index is 0.0494. The van der Waals surface area contributed by atoms with Crippen LogP contribution in [0, 0.1) is 12.8 Å². The van der Waals surface area contributed by atoms with Gasteiger partial charge in [0.15, 0.2) is 16.7 Å². The minimum Gasteiger partial charge on any atom is -0.490 e. The molecule has 29 heavy (non-hydrogen) atoms. The fourth-order valence-electron chi connectivity index (χ4n) is 3.16. The third-order valence-corrected chi connectivity index (χ3v) is 5.63. The van der Waals surface area contributed by atoms with E-state index < -0.39 is 0 Å². The zero-order valence-electron chi connectivity index (χ0n) is 17.2. The highest BCUT2D eigenvalue weighted by Crippen LogP contribution is 2.34. The Kier molecular flexibility index (Phi) is 7.19. The van der Waals surface area contributed by atoms with Gasteiger partial charge in [0.2, 0.25) is 5.91 Å². The molecule has 2 heterocycles. The highest BCUT2D eigenvalue weighted by molar-refractivity contribution is 7.99. The quantitative estimate of drug-likeness (QED) is 0.524. The third kappa shape index (κ3) is 5.32. The SMILES string of the molecule is C=CCn1c(C)nnc1SCC(=O)N[C@@H](c1ccc2c(c1)OCCCO2)C(C)C. The second-order valence-corrected chi connectivity index (χ2v) is 8.21. The molecule has 1 amide bonds. The summed E-state index contributed by atoms with van der Waals surface area (Å²) in [5, 5.41) is 12.1. The number of carbonyl (C=O) groups is 1. The Hall–Kier alpha value is -2.48. The van der Waals surface area contributed by atoms with E-state index in [9.17, 15) is 4.79 Å². The predicted molar refractivity (Wildman–Crippen MR) is 113 cm³/mol. The van der Waals surface area contributed by atoms with Crippen molar-refractivity contribution in [3.8, 4) is 11.5 Å². The molecule has 0 saturated carbocycles. The van der Waals surface area contributed by atoms with E-state index in [2.05, 4.69) is 35.9 Å². The molecule has 0 aliphatic carbocycles. The largest absolute Gasteiger partial charge is 0.490 e. The number of aromatic nitrogens is 3. The number of rotatable bonds is 8. The molecule has 0 fully saturated rings. The number of hydrogen-bond acceptors (Lipinski definition) is 6. The van der Waals surface area contributed by atoms with Gasteiger partial charge in [-0.15, -0.1) is 16.8 Å². The van der Waals surface area contributed by atoms with Gasteiger partial charge in [0.05, 0.1) is 25.0 Å². The van der Waals surface area contributed by atoms with E-state index in [0.29, 0.717) is 24.9 Å². The summed E-state index contributed by atoms with van der Waals surface area (Å²) in [4.78, 5) is 12.7. The van der Waals surface area contributed by atoms with Gasteiger partial charge in [-0.1, -0.05) is 37.8 Å². The minimum atomic E-state index is -0.118. The van der Waals surface area contributed by atoms with Crippen LogP contribution >= 0.6 is 11.8 Å². The second kappa shape index (κ2) is 9.82. The molecule has 8 heteroatoms. The molecule has 0 radical (unpaired) electrons. The second-order valence-electron chi connectivity index (χ2n) is 7.26. The van der Waals surface area contributed by atoms with E-state index in [1.807, 2.05) is 29.7 Å². The Morgan fingerprint density at radius 3 is 2.79 bits per heavy atom. The van der Waals surface area contributed by atoms with Crippen molar-refractivity contribution in [1.29, 1.82) is 0 Å². The van der Waals surface area contributed by atoms with E-state index in [4.69, 9.17) is 9.47 Å². The molecule has 1 aromatic carbocycles. The van der Waals surface area contributed by atoms with Gasteiger partial charge >= 0.3 is 0 Å². The molecule has 3 rings (SSSR count). The molecule has 1 atom stereocenters. The Morgan fingerprint density at radius 1 is 1.31 bits per heavy atom. The summed E-state index contributed by atoms with van der Waals surface area (Å²) in [6.07, 6.45) is 2.65. The number of carbonyl (C=O) groups excluding carboxylic acids is 1. The lowest BCUT2D eigenvalue weighted by Gasteiger charge is -2.24. The van der Waals surface area contributed by atoms with Crippen LogP contribution in [-0.2, 0) is 11.3 Å². The molecule has 1 aromatic heterocycles. The lowest BCUT2D eigenvalue weighted by molar-refractivity contribution is -0.119. The molecule has 2 aromatic rings. The average molecular weight is 417 g/mol. The number of aryl methyl sites for hydroxylation is 1. The van der Waals surface area contributed by atoms with Crippen molar-refractivity contribution >= 4 is 17.7 Å². The van der Waals surface area contributed by atoms with E-state index in [1.54, 1.807) is 6.08 Å². The highest BCUT2D eigenvalue weighted by Gasteiger charge is 2.21. The van der Waals surface area contributed by atoms with Gasteiger partial charge in [-0.25, -0.2) is 0 Å². The zero-order valence-corrected chi connectivity index (χ0v) is 18.0. The van der Waals surface area contributed by atoms with Crippen LogP contribution in [0.5, 0.6) is 11.5 Å². The zero-order chi connectivity index (χ0) is 20.8. The van der Waals surface area contributed by atoms with Crippen molar-refractivity contribution < 1.29 is 14.3 Å². The number of nitrogens with one attached hydrogen (secondary N) is 1. The van der Waals surface area contributed by atoms with Crippen LogP contribution < -0.4 is 14.8 Å². The van der Waals surface area contributed by atoms with E-state index in [-0.39, 0.29) is 23.6 Å². The fraction of sp³-hybridized carbons (Fsp3) is 0.476. The summed E-state index contributed by atoms with van der Waals surface area (Å²) >= 11 is 1.38. The number of amides is 1. The normalized spacial score (nSPS) is 14.3.